The molecule has 0 spiro atoms. The number of anilines is 1. The molecule has 6 nitrogen and oxygen atoms in total. The Labute approximate surface area is 215 Å². The number of carbonyl (C=O) groups is 1. The molecule has 37 heavy (non-hydrogen) atoms. The van der Waals surface area contributed by atoms with Crippen molar-refractivity contribution in [1.82, 2.24) is 4.98 Å². The van der Waals surface area contributed by atoms with Crippen molar-refractivity contribution in [2.45, 2.75) is 50.7 Å². The fraction of sp³-hybridized carbons (Fsp3) is 0.333. The third-order valence-electron chi connectivity index (χ3n) is 6.91. The quantitative estimate of drug-likeness (QED) is 0.384. The summed E-state index contributed by atoms with van der Waals surface area (Å²) in [5, 5.41) is 12.6. The molecule has 0 amide bonds. The number of hydrogen-bond acceptors (Lipinski definition) is 5. The predicted octanol–water partition coefficient (Wildman–Crippen LogP) is 5.74. The summed E-state index contributed by atoms with van der Waals surface area (Å²) in [4.78, 5) is 15.7. The lowest BCUT2D eigenvalue weighted by Gasteiger charge is -2.18. The molecule has 2 heterocycles. The number of benzene rings is 2. The van der Waals surface area contributed by atoms with Crippen LogP contribution in [0.4, 0.5) is 10.1 Å². The first-order valence-corrected chi connectivity index (χ1v) is 12.5. The van der Waals surface area contributed by atoms with E-state index in [-0.39, 0.29) is 30.3 Å². The van der Waals surface area contributed by atoms with Crippen molar-refractivity contribution in [1.29, 1.82) is 0 Å². The van der Waals surface area contributed by atoms with E-state index in [1.54, 1.807) is 13.1 Å². The molecule has 5 rings (SSSR count). The van der Waals surface area contributed by atoms with Gasteiger partial charge in [-0.2, -0.15) is 0 Å². The molecule has 7 heteroatoms. The molecule has 3 atom stereocenters. The van der Waals surface area contributed by atoms with Crippen LogP contribution in [0.1, 0.15) is 54.8 Å². The Kier molecular flexibility index (Phi) is 7.38. The van der Waals surface area contributed by atoms with Crippen molar-refractivity contribution >= 4 is 11.7 Å². The van der Waals surface area contributed by atoms with Crippen LogP contribution in [-0.2, 0) is 16.0 Å². The first-order chi connectivity index (χ1) is 18.0. The van der Waals surface area contributed by atoms with Crippen LogP contribution < -0.4 is 10.1 Å². The van der Waals surface area contributed by atoms with Crippen molar-refractivity contribution in [2.75, 3.05) is 18.5 Å². The maximum absolute atomic E-state index is 15.0. The lowest BCUT2D eigenvalue weighted by atomic mass is 9.95. The minimum Gasteiger partial charge on any atom is -0.481 e. The average Bonchev–Trinajstić information content (AvgIpc) is 3.56. The topological polar surface area (TPSA) is 80.7 Å². The molecule has 0 saturated carbocycles. The van der Waals surface area contributed by atoms with Gasteiger partial charge in [-0.1, -0.05) is 24.1 Å². The van der Waals surface area contributed by atoms with Crippen LogP contribution >= 0.6 is 0 Å². The van der Waals surface area contributed by atoms with E-state index in [1.165, 1.54) is 6.07 Å². The number of nitrogens with one attached hydrogen (secondary N) is 1. The highest BCUT2D eigenvalue weighted by molar-refractivity contribution is 5.71. The summed E-state index contributed by atoms with van der Waals surface area (Å²) in [6.07, 6.45) is 4.16. The third-order valence-corrected chi connectivity index (χ3v) is 6.91. The molecule has 1 saturated heterocycles. The van der Waals surface area contributed by atoms with E-state index in [0.29, 0.717) is 24.7 Å². The predicted molar refractivity (Wildman–Crippen MR) is 139 cm³/mol. The average molecular weight is 501 g/mol. The van der Waals surface area contributed by atoms with Gasteiger partial charge in [-0.15, -0.1) is 5.92 Å². The van der Waals surface area contributed by atoms with E-state index in [9.17, 15) is 9.90 Å². The number of ether oxygens (including phenoxy) is 2. The van der Waals surface area contributed by atoms with E-state index in [4.69, 9.17) is 9.47 Å². The van der Waals surface area contributed by atoms with E-state index < -0.39 is 5.97 Å². The summed E-state index contributed by atoms with van der Waals surface area (Å²) in [6, 6.07) is 14.6. The van der Waals surface area contributed by atoms with Crippen LogP contribution in [0.2, 0.25) is 0 Å². The van der Waals surface area contributed by atoms with E-state index in [1.807, 2.05) is 42.5 Å². The zero-order chi connectivity index (χ0) is 25.8. The Hall–Kier alpha value is -3.89. The van der Waals surface area contributed by atoms with Gasteiger partial charge in [-0.25, -0.2) is 9.37 Å². The largest absolute Gasteiger partial charge is 0.481 e. The van der Waals surface area contributed by atoms with Crippen molar-refractivity contribution in [2.24, 2.45) is 0 Å². The lowest BCUT2D eigenvalue weighted by molar-refractivity contribution is -0.137. The van der Waals surface area contributed by atoms with Gasteiger partial charge < -0.3 is 19.9 Å². The van der Waals surface area contributed by atoms with Crippen molar-refractivity contribution in [3.8, 4) is 28.8 Å². The normalized spacial score (nSPS) is 19.0. The zero-order valence-corrected chi connectivity index (χ0v) is 20.7. The third kappa shape index (κ3) is 5.60. The SMILES string of the molecule is CC#C[C@@H](CC(=O)O)c1ccc(N[C@@H]2CCc3c(-c4ccc(O[C@@H]5CCOC5)nc4)ccc(F)c32)cc1. The first-order valence-electron chi connectivity index (χ1n) is 12.5. The first kappa shape index (κ1) is 24.8. The Bertz CT molecular complexity index is 1320. The van der Waals surface area contributed by atoms with Crippen molar-refractivity contribution < 1.29 is 23.8 Å². The van der Waals surface area contributed by atoms with Gasteiger partial charge in [0.1, 0.15) is 11.9 Å². The number of aromatic nitrogens is 1. The molecule has 1 aromatic heterocycles. The molecule has 2 N–H and O–H groups in total. The highest BCUT2D eigenvalue weighted by Crippen LogP contribution is 2.41. The minimum atomic E-state index is -0.885. The number of halogens is 1. The van der Waals surface area contributed by atoms with Crippen LogP contribution in [0.25, 0.3) is 11.1 Å². The highest BCUT2D eigenvalue weighted by Gasteiger charge is 2.29. The molecular weight excluding hydrogens is 471 g/mol. The van der Waals surface area contributed by atoms with Gasteiger partial charge in [0.2, 0.25) is 5.88 Å². The van der Waals surface area contributed by atoms with Crippen LogP contribution in [0.3, 0.4) is 0 Å². The molecule has 0 bridgehead atoms. The molecule has 3 aromatic rings. The summed E-state index contributed by atoms with van der Waals surface area (Å²) >= 11 is 0. The number of rotatable bonds is 8. The zero-order valence-electron chi connectivity index (χ0n) is 20.7. The molecule has 1 aliphatic carbocycles. The number of hydrogen-bond donors (Lipinski definition) is 2. The number of nitrogens with zero attached hydrogens (tertiary/aromatic N) is 1. The summed E-state index contributed by atoms with van der Waals surface area (Å²) in [5.41, 5.74) is 5.29. The van der Waals surface area contributed by atoms with Crippen molar-refractivity contribution in [3.05, 3.63) is 77.2 Å². The summed E-state index contributed by atoms with van der Waals surface area (Å²) in [7, 11) is 0. The number of carboxylic acids is 1. The Morgan fingerprint density at radius 1 is 1.22 bits per heavy atom. The van der Waals surface area contributed by atoms with Gasteiger partial charge in [0.25, 0.3) is 0 Å². The second kappa shape index (κ2) is 11.0. The van der Waals surface area contributed by atoms with Gasteiger partial charge in [0.15, 0.2) is 0 Å². The Morgan fingerprint density at radius 3 is 2.73 bits per heavy atom. The second-order valence-corrected chi connectivity index (χ2v) is 9.38. The molecule has 1 fully saturated rings. The lowest BCUT2D eigenvalue weighted by Crippen LogP contribution is -2.16. The Balaban J connectivity index is 1.33. The smallest absolute Gasteiger partial charge is 0.304 e. The molecule has 0 unspecified atom stereocenters. The van der Waals surface area contributed by atoms with E-state index >= 15 is 4.39 Å². The molecule has 0 radical (unpaired) electrons. The second-order valence-electron chi connectivity index (χ2n) is 9.38. The fourth-order valence-electron chi connectivity index (χ4n) is 5.13. The monoisotopic (exact) mass is 500 g/mol. The maximum atomic E-state index is 15.0. The fourth-order valence-corrected chi connectivity index (χ4v) is 5.13. The molecule has 2 aliphatic rings. The highest BCUT2D eigenvalue weighted by atomic mass is 19.1. The summed E-state index contributed by atoms with van der Waals surface area (Å²) in [5.74, 6) is 4.88. The standard InChI is InChI=1S/C30H29FN2O4/c1-2-3-20(16-29(34)35)19-4-7-22(8-5-19)33-27-12-10-25-24(9-11-26(31)30(25)27)21-6-13-28(32-17-21)37-23-14-15-36-18-23/h4-9,11,13,17,20,23,27,33H,10,12,14-16,18H2,1H3,(H,34,35)/t20-,23+,27+/m0/s1. The number of fused-ring (bicyclic) bond motifs is 1. The van der Waals surface area contributed by atoms with Crippen LogP contribution in [-0.4, -0.2) is 35.4 Å². The molecule has 1 aliphatic heterocycles. The molecule has 2 aromatic carbocycles. The van der Waals surface area contributed by atoms with Crippen molar-refractivity contribution in [3.63, 3.8) is 0 Å². The number of carboxylic acid groups (broad SMARTS) is 1. The Morgan fingerprint density at radius 2 is 2.05 bits per heavy atom. The van der Waals surface area contributed by atoms with Crippen LogP contribution in [0, 0.1) is 17.7 Å². The summed E-state index contributed by atoms with van der Waals surface area (Å²) in [6.45, 7) is 3.00. The number of pyridine rings is 1. The minimum absolute atomic E-state index is 0.0388. The van der Waals surface area contributed by atoms with Gasteiger partial charge >= 0.3 is 5.97 Å². The molecular formula is C30H29FN2O4. The summed E-state index contributed by atoms with van der Waals surface area (Å²) < 4.78 is 26.3. The van der Waals surface area contributed by atoms with E-state index in [0.717, 1.165) is 47.2 Å². The van der Waals surface area contributed by atoms with Gasteiger partial charge in [-0.05, 0) is 60.7 Å². The van der Waals surface area contributed by atoms with Gasteiger partial charge in [0.05, 0.1) is 31.6 Å². The maximum Gasteiger partial charge on any atom is 0.304 e. The van der Waals surface area contributed by atoms with Crippen LogP contribution in [0.5, 0.6) is 5.88 Å². The van der Waals surface area contributed by atoms with Crippen LogP contribution in [0.15, 0.2) is 54.7 Å². The van der Waals surface area contributed by atoms with Gasteiger partial charge in [-0.3, -0.25) is 4.79 Å². The number of aliphatic carboxylic acids is 1. The molecule has 190 valence electrons. The van der Waals surface area contributed by atoms with Gasteiger partial charge in [0, 0.05) is 35.5 Å². The van der Waals surface area contributed by atoms with E-state index in [2.05, 4.69) is 22.1 Å².